The molecular weight excluding hydrogens is 390 g/mol. The topological polar surface area (TPSA) is 80.3 Å². The average Bonchev–Trinajstić information content (AvgIpc) is 2.78. The van der Waals surface area contributed by atoms with Crippen LogP contribution in [0.4, 0.5) is 0 Å². The molecule has 3 atom stereocenters. The van der Waals surface area contributed by atoms with Gasteiger partial charge in [-0.15, -0.1) is 0 Å². The van der Waals surface area contributed by atoms with Crippen LogP contribution in [-0.4, -0.2) is 35.5 Å². The first kappa shape index (κ1) is 21.0. The minimum absolute atomic E-state index is 0.0321. The quantitative estimate of drug-likeness (QED) is 0.640. The Labute approximate surface area is 182 Å². The Morgan fingerprint density at radius 2 is 1.87 bits per heavy atom. The zero-order valence-electron chi connectivity index (χ0n) is 17.6. The molecule has 0 saturated carbocycles. The summed E-state index contributed by atoms with van der Waals surface area (Å²) in [5.74, 6) is -0.150. The van der Waals surface area contributed by atoms with Crippen molar-refractivity contribution in [1.29, 1.82) is 0 Å². The van der Waals surface area contributed by atoms with E-state index in [9.17, 15) is 9.59 Å². The first-order valence-electron chi connectivity index (χ1n) is 10.7. The molecule has 1 fully saturated rings. The van der Waals surface area contributed by atoms with Crippen molar-refractivity contribution in [2.45, 2.75) is 44.4 Å². The molecule has 0 spiro atoms. The van der Waals surface area contributed by atoms with Crippen molar-refractivity contribution in [2.75, 3.05) is 6.54 Å². The van der Waals surface area contributed by atoms with Crippen LogP contribution in [-0.2, 0) is 9.53 Å². The number of fused-ring (bicyclic) bond motifs is 1. The SMILES string of the molecule is CC(=O)N[C@H]1C[C@@H](CCNC(=O)c2cccc3ncccc23)O[C@@H](c2ccccc2)C1. The predicted octanol–water partition coefficient (Wildman–Crippen LogP) is 3.78. The van der Waals surface area contributed by atoms with E-state index in [1.807, 2.05) is 60.7 Å². The van der Waals surface area contributed by atoms with Crippen molar-refractivity contribution in [3.63, 3.8) is 0 Å². The molecule has 0 unspecified atom stereocenters. The molecule has 2 aromatic carbocycles. The second-order valence-electron chi connectivity index (χ2n) is 7.95. The largest absolute Gasteiger partial charge is 0.370 e. The lowest BCUT2D eigenvalue weighted by Gasteiger charge is -2.36. The highest BCUT2D eigenvalue weighted by atomic mass is 16.5. The molecule has 0 bridgehead atoms. The van der Waals surface area contributed by atoms with Gasteiger partial charge < -0.3 is 15.4 Å². The van der Waals surface area contributed by atoms with E-state index in [0.29, 0.717) is 18.5 Å². The summed E-state index contributed by atoms with van der Waals surface area (Å²) in [5.41, 5.74) is 2.53. The first-order valence-corrected chi connectivity index (χ1v) is 10.7. The van der Waals surface area contributed by atoms with Crippen LogP contribution in [0.15, 0.2) is 66.9 Å². The number of rotatable bonds is 6. The molecule has 1 aliphatic rings. The monoisotopic (exact) mass is 417 g/mol. The highest BCUT2D eigenvalue weighted by Crippen LogP contribution is 2.32. The number of amides is 2. The van der Waals surface area contributed by atoms with Crippen LogP contribution in [0.5, 0.6) is 0 Å². The Kier molecular flexibility index (Phi) is 6.57. The summed E-state index contributed by atoms with van der Waals surface area (Å²) >= 11 is 0. The number of carbonyl (C=O) groups excluding carboxylic acids is 2. The molecule has 1 aromatic heterocycles. The average molecular weight is 418 g/mol. The third-order valence-electron chi connectivity index (χ3n) is 5.62. The molecule has 2 amide bonds. The molecule has 2 heterocycles. The van der Waals surface area contributed by atoms with Gasteiger partial charge in [0, 0.05) is 36.7 Å². The molecule has 160 valence electrons. The van der Waals surface area contributed by atoms with E-state index in [1.165, 1.54) is 0 Å². The van der Waals surface area contributed by atoms with Crippen LogP contribution in [0.2, 0.25) is 0 Å². The molecule has 2 N–H and O–H groups in total. The molecule has 4 rings (SSSR count). The van der Waals surface area contributed by atoms with Gasteiger partial charge in [0.2, 0.25) is 5.91 Å². The second kappa shape index (κ2) is 9.71. The fraction of sp³-hybridized carbons (Fsp3) is 0.320. The highest BCUT2D eigenvalue weighted by molar-refractivity contribution is 6.06. The molecule has 6 heteroatoms. The van der Waals surface area contributed by atoms with E-state index in [1.54, 1.807) is 13.1 Å². The lowest BCUT2D eigenvalue weighted by atomic mass is 9.93. The van der Waals surface area contributed by atoms with E-state index >= 15 is 0 Å². The maximum Gasteiger partial charge on any atom is 0.251 e. The van der Waals surface area contributed by atoms with E-state index in [-0.39, 0.29) is 30.1 Å². The minimum Gasteiger partial charge on any atom is -0.370 e. The van der Waals surface area contributed by atoms with Gasteiger partial charge in [0.15, 0.2) is 0 Å². The smallest absolute Gasteiger partial charge is 0.251 e. The van der Waals surface area contributed by atoms with Gasteiger partial charge >= 0.3 is 0 Å². The van der Waals surface area contributed by atoms with Gasteiger partial charge in [0.25, 0.3) is 5.91 Å². The summed E-state index contributed by atoms with van der Waals surface area (Å²) in [7, 11) is 0. The van der Waals surface area contributed by atoms with Gasteiger partial charge in [-0.25, -0.2) is 0 Å². The molecule has 1 aliphatic heterocycles. The van der Waals surface area contributed by atoms with Crippen LogP contribution < -0.4 is 10.6 Å². The number of aromatic nitrogens is 1. The zero-order chi connectivity index (χ0) is 21.6. The van der Waals surface area contributed by atoms with Gasteiger partial charge in [0.1, 0.15) is 0 Å². The van der Waals surface area contributed by atoms with Crippen molar-refractivity contribution < 1.29 is 14.3 Å². The van der Waals surface area contributed by atoms with E-state index in [0.717, 1.165) is 29.3 Å². The molecule has 31 heavy (non-hydrogen) atoms. The van der Waals surface area contributed by atoms with Crippen molar-refractivity contribution in [1.82, 2.24) is 15.6 Å². The number of nitrogens with one attached hydrogen (secondary N) is 2. The van der Waals surface area contributed by atoms with Crippen LogP contribution >= 0.6 is 0 Å². The van der Waals surface area contributed by atoms with Crippen molar-refractivity contribution >= 4 is 22.7 Å². The molecule has 0 radical (unpaired) electrons. The van der Waals surface area contributed by atoms with Gasteiger partial charge in [-0.1, -0.05) is 42.5 Å². The lowest BCUT2D eigenvalue weighted by Crippen LogP contribution is -2.43. The summed E-state index contributed by atoms with van der Waals surface area (Å²) in [6, 6.07) is 19.4. The Bertz CT molecular complexity index is 1050. The van der Waals surface area contributed by atoms with E-state index in [4.69, 9.17) is 4.74 Å². The van der Waals surface area contributed by atoms with Crippen LogP contribution in [0, 0.1) is 0 Å². The third-order valence-corrected chi connectivity index (χ3v) is 5.62. The number of pyridine rings is 1. The Morgan fingerprint density at radius 3 is 2.68 bits per heavy atom. The lowest BCUT2D eigenvalue weighted by molar-refractivity contribution is -0.122. The highest BCUT2D eigenvalue weighted by Gasteiger charge is 2.30. The van der Waals surface area contributed by atoms with Gasteiger partial charge in [-0.3, -0.25) is 14.6 Å². The number of hydrogen-bond acceptors (Lipinski definition) is 4. The molecule has 6 nitrogen and oxygen atoms in total. The summed E-state index contributed by atoms with van der Waals surface area (Å²) in [4.78, 5) is 28.7. The van der Waals surface area contributed by atoms with Gasteiger partial charge in [-0.2, -0.15) is 0 Å². The minimum atomic E-state index is -0.118. The number of carbonyl (C=O) groups is 2. The Hall–Kier alpha value is -3.25. The maximum absolute atomic E-state index is 12.8. The zero-order valence-corrected chi connectivity index (χ0v) is 17.6. The maximum atomic E-state index is 12.8. The molecule has 3 aromatic rings. The number of hydrogen-bond donors (Lipinski definition) is 2. The predicted molar refractivity (Wildman–Crippen MR) is 120 cm³/mol. The van der Waals surface area contributed by atoms with Crippen LogP contribution in [0.3, 0.4) is 0 Å². The fourth-order valence-corrected chi connectivity index (χ4v) is 4.23. The first-order chi connectivity index (χ1) is 15.1. The number of benzene rings is 2. The number of ether oxygens (including phenoxy) is 1. The normalized spacial score (nSPS) is 20.9. The molecule has 0 aliphatic carbocycles. The van der Waals surface area contributed by atoms with Crippen LogP contribution in [0.1, 0.15) is 48.2 Å². The fourth-order valence-electron chi connectivity index (χ4n) is 4.23. The second-order valence-corrected chi connectivity index (χ2v) is 7.95. The summed E-state index contributed by atoms with van der Waals surface area (Å²) in [6.45, 7) is 2.04. The summed E-state index contributed by atoms with van der Waals surface area (Å²) < 4.78 is 6.33. The van der Waals surface area contributed by atoms with Crippen molar-refractivity contribution in [3.8, 4) is 0 Å². The molecule has 1 saturated heterocycles. The summed E-state index contributed by atoms with van der Waals surface area (Å²) in [5, 5.41) is 6.90. The third kappa shape index (κ3) is 5.27. The van der Waals surface area contributed by atoms with Crippen molar-refractivity contribution in [2.24, 2.45) is 0 Å². The van der Waals surface area contributed by atoms with Gasteiger partial charge in [0.05, 0.1) is 17.7 Å². The Balaban J connectivity index is 1.39. The number of nitrogens with zero attached hydrogens (tertiary/aromatic N) is 1. The van der Waals surface area contributed by atoms with Crippen LogP contribution in [0.25, 0.3) is 10.9 Å². The van der Waals surface area contributed by atoms with Gasteiger partial charge in [-0.05, 0) is 43.0 Å². The standard InChI is InChI=1S/C25H27N3O3/c1-17(29)28-19-15-20(31-24(16-19)18-7-3-2-4-8-18)12-14-27-25(30)22-9-5-11-23-21(22)10-6-13-26-23/h2-11,13,19-20,24H,12,14-16H2,1H3,(H,27,30)(H,28,29)/t19-,20+,24+/m0/s1. The molecular formula is C25H27N3O3. The van der Waals surface area contributed by atoms with E-state index < -0.39 is 0 Å². The Morgan fingerprint density at radius 1 is 1.03 bits per heavy atom. The van der Waals surface area contributed by atoms with Crippen molar-refractivity contribution in [3.05, 3.63) is 78.0 Å². The summed E-state index contributed by atoms with van der Waals surface area (Å²) in [6.07, 6.45) is 3.75. The van der Waals surface area contributed by atoms with E-state index in [2.05, 4.69) is 15.6 Å².